The van der Waals surface area contributed by atoms with Gasteiger partial charge in [0.05, 0.1) is 16.9 Å². The Morgan fingerprint density at radius 2 is 1.19 bits per heavy atom. The van der Waals surface area contributed by atoms with Crippen LogP contribution >= 0.6 is 0 Å². The molecular weight excluding hydrogens is 573 g/mol. The fourth-order valence-electron chi connectivity index (χ4n) is 6.66. The van der Waals surface area contributed by atoms with Crippen LogP contribution < -0.4 is 0 Å². The lowest BCUT2D eigenvalue weighted by Crippen LogP contribution is -2.12. The predicted molar refractivity (Wildman–Crippen MR) is 200 cm³/mol. The van der Waals surface area contributed by atoms with Crippen molar-refractivity contribution in [2.45, 2.75) is 85.5 Å². The highest BCUT2D eigenvalue weighted by atomic mass is 15.1. The number of aromatic amines is 1. The Morgan fingerprint density at radius 1 is 0.553 bits per heavy atom. The summed E-state index contributed by atoms with van der Waals surface area (Å²) in [7, 11) is 0. The standard InChI is InChI=1S/C43H46N4/c1-26-32-13-11-12-14-33(32)39(45-26)47-38-18-15-29(41(2,3)4)24-35(38)34-16-17-36(46-40(34)47)27-21-28(23-31(22-27)43(8,9)10)37-25-30(19-20-44-37)42(5,6)7/h11-25,45H,1-10H3. The number of aromatic nitrogens is 4. The second-order valence-electron chi connectivity index (χ2n) is 16.3. The van der Waals surface area contributed by atoms with Gasteiger partial charge in [-0.05, 0) is 94.5 Å². The highest BCUT2D eigenvalue weighted by Crippen LogP contribution is 2.39. The first-order valence-corrected chi connectivity index (χ1v) is 16.8. The molecule has 0 unspecified atom stereocenters. The van der Waals surface area contributed by atoms with Crippen LogP contribution in [0.5, 0.6) is 0 Å². The number of rotatable bonds is 3. The van der Waals surface area contributed by atoms with E-state index >= 15 is 0 Å². The van der Waals surface area contributed by atoms with E-state index in [1.54, 1.807) is 0 Å². The van der Waals surface area contributed by atoms with Crippen LogP contribution in [0, 0.1) is 6.92 Å². The maximum absolute atomic E-state index is 5.50. The van der Waals surface area contributed by atoms with Gasteiger partial charge in [0.15, 0.2) is 0 Å². The van der Waals surface area contributed by atoms with Crippen LogP contribution in [-0.2, 0) is 16.2 Å². The van der Waals surface area contributed by atoms with Crippen LogP contribution in [0.4, 0.5) is 0 Å². The molecule has 4 heteroatoms. The van der Waals surface area contributed by atoms with Crippen molar-refractivity contribution in [3.8, 4) is 28.3 Å². The summed E-state index contributed by atoms with van der Waals surface area (Å²) in [6.45, 7) is 22.5. The van der Waals surface area contributed by atoms with Gasteiger partial charge in [-0.2, -0.15) is 0 Å². The molecule has 0 bridgehead atoms. The Morgan fingerprint density at radius 3 is 1.87 bits per heavy atom. The topological polar surface area (TPSA) is 46.5 Å². The van der Waals surface area contributed by atoms with E-state index < -0.39 is 0 Å². The van der Waals surface area contributed by atoms with Crippen molar-refractivity contribution in [2.24, 2.45) is 0 Å². The van der Waals surface area contributed by atoms with Crippen molar-refractivity contribution < 1.29 is 0 Å². The molecule has 4 nitrogen and oxygen atoms in total. The number of nitrogens with one attached hydrogen (secondary N) is 1. The zero-order chi connectivity index (χ0) is 33.5. The van der Waals surface area contributed by atoms with Gasteiger partial charge in [-0.25, -0.2) is 4.98 Å². The third kappa shape index (κ3) is 5.44. The summed E-state index contributed by atoms with van der Waals surface area (Å²) in [5.74, 6) is 1.05. The molecule has 7 rings (SSSR count). The van der Waals surface area contributed by atoms with E-state index in [2.05, 4.69) is 164 Å². The normalized spacial score (nSPS) is 12.9. The second-order valence-corrected chi connectivity index (χ2v) is 16.3. The summed E-state index contributed by atoms with van der Waals surface area (Å²) in [5, 5.41) is 4.79. The van der Waals surface area contributed by atoms with Crippen molar-refractivity contribution in [1.29, 1.82) is 0 Å². The molecule has 0 atom stereocenters. The average Bonchev–Trinajstić information content (AvgIpc) is 3.53. The van der Waals surface area contributed by atoms with Gasteiger partial charge < -0.3 is 4.98 Å². The Balaban J connectivity index is 1.51. The number of nitrogens with zero attached hydrogens (tertiary/aromatic N) is 3. The number of hydrogen-bond donors (Lipinski definition) is 1. The third-order valence-corrected chi connectivity index (χ3v) is 9.61. The van der Waals surface area contributed by atoms with Crippen LogP contribution in [0.3, 0.4) is 0 Å². The number of hydrogen-bond acceptors (Lipinski definition) is 2. The zero-order valence-corrected chi connectivity index (χ0v) is 29.5. The van der Waals surface area contributed by atoms with Crippen molar-refractivity contribution in [1.82, 2.24) is 19.5 Å². The van der Waals surface area contributed by atoms with Crippen LogP contribution in [0.1, 0.15) is 84.7 Å². The first kappa shape index (κ1) is 30.9. The lowest BCUT2D eigenvalue weighted by Gasteiger charge is -2.22. The molecule has 3 aromatic carbocycles. The maximum Gasteiger partial charge on any atom is 0.147 e. The number of pyridine rings is 2. The van der Waals surface area contributed by atoms with E-state index in [0.717, 1.165) is 50.6 Å². The summed E-state index contributed by atoms with van der Waals surface area (Å²) >= 11 is 0. The van der Waals surface area contributed by atoms with Crippen molar-refractivity contribution in [3.63, 3.8) is 0 Å². The van der Waals surface area contributed by atoms with Gasteiger partial charge in [0.2, 0.25) is 0 Å². The minimum Gasteiger partial charge on any atom is -0.344 e. The van der Waals surface area contributed by atoms with E-state index in [-0.39, 0.29) is 16.2 Å². The van der Waals surface area contributed by atoms with Gasteiger partial charge in [-0.3, -0.25) is 9.55 Å². The minimum atomic E-state index is -0.0462. The van der Waals surface area contributed by atoms with E-state index in [9.17, 15) is 0 Å². The quantitative estimate of drug-likeness (QED) is 0.214. The number of benzene rings is 3. The highest BCUT2D eigenvalue weighted by Gasteiger charge is 2.23. The lowest BCUT2D eigenvalue weighted by molar-refractivity contribution is 0.588. The van der Waals surface area contributed by atoms with Crippen molar-refractivity contribution in [3.05, 3.63) is 114 Å². The van der Waals surface area contributed by atoms with Gasteiger partial charge in [-0.15, -0.1) is 0 Å². The van der Waals surface area contributed by atoms with Gasteiger partial charge in [0, 0.05) is 44.6 Å². The molecular formula is C43H46N4. The van der Waals surface area contributed by atoms with Crippen molar-refractivity contribution >= 4 is 32.7 Å². The number of fused-ring (bicyclic) bond motifs is 4. The molecule has 0 aliphatic carbocycles. The summed E-state index contributed by atoms with van der Waals surface area (Å²) in [4.78, 5) is 14.1. The highest BCUT2D eigenvalue weighted by molar-refractivity contribution is 6.10. The van der Waals surface area contributed by atoms with Crippen molar-refractivity contribution in [2.75, 3.05) is 0 Å². The summed E-state index contributed by atoms with van der Waals surface area (Å²) in [6.07, 6.45) is 1.94. The van der Waals surface area contributed by atoms with Crippen LogP contribution in [0.25, 0.3) is 61.0 Å². The largest absolute Gasteiger partial charge is 0.344 e. The van der Waals surface area contributed by atoms with Gasteiger partial charge >= 0.3 is 0 Å². The molecule has 0 saturated heterocycles. The Bertz CT molecular complexity index is 2310. The fourth-order valence-corrected chi connectivity index (χ4v) is 6.66. The van der Waals surface area contributed by atoms with Gasteiger partial charge in [0.25, 0.3) is 0 Å². The summed E-state index contributed by atoms with van der Waals surface area (Å²) in [5.41, 5.74) is 11.3. The fraction of sp³-hybridized carbons (Fsp3) is 0.302. The molecule has 4 heterocycles. The Labute approximate surface area is 278 Å². The molecule has 0 aliphatic heterocycles. The van der Waals surface area contributed by atoms with Crippen LogP contribution in [0.15, 0.2) is 91.1 Å². The monoisotopic (exact) mass is 618 g/mol. The molecule has 0 radical (unpaired) electrons. The number of H-pyrrole nitrogens is 1. The van der Waals surface area contributed by atoms with Gasteiger partial charge in [-0.1, -0.05) is 92.6 Å². The number of aryl methyl sites for hydroxylation is 1. The molecule has 4 aromatic heterocycles. The summed E-state index contributed by atoms with van der Waals surface area (Å²) < 4.78 is 2.33. The molecule has 1 N–H and O–H groups in total. The van der Waals surface area contributed by atoms with E-state index in [4.69, 9.17) is 9.97 Å². The Hall–Kier alpha value is -4.70. The SMILES string of the molecule is Cc1[nH]c(-n2c3ccc(C(C)(C)C)cc3c3ccc(-c4cc(-c5cc(C(C)(C)C)ccn5)cc(C(C)(C)C)c4)nc32)c2ccccc12. The second kappa shape index (κ2) is 10.7. The minimum absolute atomic E-state index is 0.0355. The maximum atomic E-state index is 5.50. The third-order valence-electron chi connectivity index (χ3n) is 9.61. The van der Waals surface area contributed by atoms with Crippen LogP contribution in [0.2, 0.25) is 0 Å². The van der Waals surface area contributed by atoms with E-state index in [0.29, 0.717) is 0 Å². The molecule has 0 saturated carbocycles. The molecule has 0 fully saturated rings. The Kier molecular flexibility index (Phi) is 7.02. The van der Waals surface area contributed by atoms with E-state index in [1.807, 2.05) is 6.20 Å². The molecule has 0 spiro atoms. The van der Waals surface area contributed by atoms with Gasteiger partial charge in [0.1, 0.15) is 11.5 Å². The molecule has 238 valence electrons. The molecule has 47 heavy (non-hydrogen) atoms. The lowest BCUT2D eigenvalue weighted by atomic mass is 9.83. The molecule has 0 aliphatic rings. The molecule has 7 aromatic rings. The predicted octanol–water partition coefficient (Wildman–Crippen LogP) is 11.6. The first-order chi connectivity index (χ1) is 22.1. The summed E-state index contributed by atoms with van der Waals surface area (Å²) in [6, 6.07) is 31.2. The molecule has 0 amide bonds. The van der Waals surface area contributed by atoms with Crippen LogP contribution in [-0.4, -0.2) is 19.5 Å². The zero-order valence-electron chi connectivity index (χ0n) is 29.5. The van der Waals surface area contributed by atoms with E-state index in [1.165, 1.54) is 32.8 Å². The first-order valence-electron chi connectivity index (χ1n) is 16.8. The smallest absolute Gasteiger partial charge is 0.147 e. The average molecular weight is 619 g/mol.